The lowest BCUT2D eigenvalue weighted by molar-refractivity contribution is -0.121. The highest BCUT2D eigenvalue weighted by Gasteiger charge is 2.42. The van der Waals surface area contributed by atoms with E-state index < -0.39 is 0 Å². The van der Waals surface area contributed by atoms with Gasteiger partial charge in [0.2, 0.25) is 5.91 Å². The van der Waals surface area contributed by atoms with Crippen LogP contribution in [0.25, 0.3) is 5.69 Å². The van der Waals surface area contributed by atoms with E-state index >= 15 is 0 Å². The summed E-state index contributed by atoms with van der Waals surface area (Å²) in [5.74, 6) is 3.29. The molecule has 1 N–H and O–H groups in total. The Hall–Kier alpha value is -1.82. The molecule has 0 aliphatic heterocycles. The molecule has 1 amide bonds. The van der Waals surface area contributed by atoms with Crippen LogP contribution in [0.2, 0.25) is 0 Å². The van der Waals surface area contributed by atoms with Crippen LogP contribution in [0.4, 0.5) is 0 Å². The summed E-state index contributed by atoms with van der Waals surface area (Å²) in [7, 11) is 0. The Morgan fingerprint density at radius 3 is 2.71 bits per heavy atom. The molecule has 2 aromatic rings. The van der Waals surface area contributed by atoms with Gasteiger partial charge in [-0.15, -0.1) is 10.2 Å². The highest BCUT2D eigenvalue weighted by atomic mass is 32.2. The molecule has 0 radical (unpaired) electrons. The Labute approximate surface area is 171 Å². The Bertz CT molecular complexity index is 864. The summed E-state index contributed by atoms with van der Waals surface area (Å²) in [5.41, 5.74) is 2.22. The van der Waals surface area contributed by atoms with Crippen molar-refractivity contribution in [1.29, 1.82) is 0 Å². The number of rotatable bonds is 6. The van der Waals surface area contributed by atoms with Crippen LogP contribution in [0.1, 0.15) is 50.9 Å². The quantitative estimate of drug-likeness (QED) is 0.737. The van der Waals surface area contributed by atoms with Gasteiger partial charge in [-0.25, -0.2) is 0 Å². The van der Waals surface area contributed by atoms with Crippen molar-refractivity contribution >= 4 is 17.7 Å². The first-order chi connectivity index (χ1) is 13.4. The summed E-state index contributed by atoms with van der Waals surface area (Å²) < 4.78 is 2.03. The normalized spacial score (nSPS) is 25.6. The fourth-order valence-electron chi connectivity index (χ4n) is 5.05. The third kappa shape index (κ3) is 3.84. The minimum Gasteiger partial charge on any atom is -0.352 e. The smallest absolute Gasteiger partial charge is 0.233 e. The van der Waals surface area contributed by atoms with Gasteiger partial charge in [-0.05, 0) is 82.4 Å². The van der Waals surface area contributed by atoms with Gasteiger partial charge in [-0.3, -0.25) is 9.36 Å². The van der Waals surface area contributed by atoms with Crippen LogP contribution in [0, 0.1) is 31.6 Å². The zero-order valence-electron chi connectivity index (χ0n) is 17.2. The van der Waals surface area contributed by atoms with Crippen molar-refractivity contribution in [1.82, 2.24) is 20.1 Å². The van der Waals surface area contributed by atoms with Gasteiger partial charge in [-0.2, -0.15) is 0 Å². The van der Waals surface area contributed by atoms with Gasteiger partial charge < -0.3 is 5.32 Å². The predicted molar refractivity (Wildman–Crippen MR) is 113 cm³/mol. The van der Waals surface area contributed by atoms with Gasteiger partial charge >= 0.3 is 0 Å². The third-order valence-electron chi connectivity index (χ3n) is 6.51. The van der Waals surface area contributed by atoms with Crippen LogP contribution in [-0.4, -0.2) is 32.0 Å². The van der Waals surface area contributed by atoms with E-state index in [2.05, 4.69) is 47.6 Å². The third-order valence-corrected chi connectivity index (χ3v) is 7.55. The molecule has 28 heavy (non-hydrogen) atoms. The van der Waals surface area contributed by atoms with Crippen molar-refractivity contribution in [3.8, 4) is 5.69 Å². The van der Waals surface area contributed by atoms with Crippen LogP contribution in [-0.2, 0) is 4.79 Å². The van der Waals surface area contributed by atoms with Crippen molar-refractivity contribution in [3.05, 3.63) is 35.7 Å². The lowest BCUT2D eigenvalue weighted by atomic mass is 9.84. The molecule has 1 heterocycles. The molecule has 2 aliphatic rings. The number of hydrogen-bond donors (Lipinski definition) is 1. The van der Waals surface area contributed by atoms with Crippen LogP contribution >= 0.6 is 11.8 Å². The van der Waals surface area contributed by atoms with Crippen molar-refractivity contribution in [2.75, 3.05) is 0 Å². The van der Waals surface area contributed by atoms with Crippen molar-refractivity contribution in [2.45, 2.75) is 69.8 Å². The van der Waals surface area contributed by atoms with Crippen molar-refractivity contribution < 1.29 is 4.79 Å². The van der Waals surface area contributed by atoms with Gasteiger partial charge in [0, 0.05) is 11.7 Å². The molecule has 2 aliphatic carbocycles. The number of carbonyl (C=O) groups is 1. The summed E-state index contributed by atoms with van der Waals surface area (Å²) in [5, 5.41) is 12.4. The van der Waals surface area contributed by atoms with Crippen LogP contribution in [0.15, 0.2) is 29.4 Å². The minimum atomic E-state index is -0.215. The number of aromatic nitrogens is 3. The first-order valence-corrected chi connectivity index (χ1v) is 11.3. The number of aryl methyl sites for hydroxylation is 2. The summed E-state index contributed by atoms with van der Waals surface area (Å²) in [6, 6.07) is 8.52. The van der Waals surface area contributed by atoms with Crippen LogP contribution < -0.4 is 5.32 Å². The maximum atomic E-state index is 12.8. The molecule has 6 heteroatoms. The molecule has 1 aromatic carbocycles. The zero-order valence-corrected chi connectivity index (χ0v) is 18.0. The second kappa shape index (κ2) is 7.90. The van der Waals surface area contributed by atoms with Crippen LogP contribution in [0.5, 0.6) is 0 Å². The number of benzene rings is 1. The fourth-order valence-corrected chi connectivity index (χ4v) is 5.97. The van der Waals surface area contributed by atoms with Crippen molar-refractivity contribution in [2.24, 2.45) is 17.8 Å². The zero-order chi connectivity index (χ0) is 19.8. The van der Waals surface area contributed by atoms with Gasteiger partial charge in [0.25, 0.3) is 0 Å². The summed E-state index contributed by atoms with van der Waals surface area (Å²) in [6.45, 7) is 8.16. The molecular weight excluding hydrogens is 368 g/mol. The number of amides is 1. The van der Waals surface area contributed by atoms with Gasteiger partial charge in [0.05, 0.1) is 5.25 Å². The molecule has 4 rings (SSSR count). The molecule has 5 unspecified atom stereocenters. The van der Waals surface area contributed by atoms with Gasteiger partial charge in [0.15, 0.2) is 5.16 Å². The topological polar surface area (TPSA) is 59.8 Å². The number of carbonyl (C=O) groups excluding carboxylic acids is 1. The second-order valence-corrected chi connectivity index (χ2v) is 9.91. The summed E-state index contributed by atoms with van der Waals surface area (Å²) in [4.78, 5) is 12.8. The molecular formula is C22H30N4OS. The van der Waals surface area contributed by atoms with E-state index in [1.807, 2.05) is 24.5 Å². The maximum absolute atomic E-state index is 12.8. The lowest BCUT2D eigenvalue weighted by Crippen LogP contribution is -2.43. The minimum absolute atomic E-state index is 0.0942. The SMILES string of the molecule is Cc1cccc(-n2c(C)nnc2SC(C)C(=O)NC(C)C2CC3CCC2C3)c1. The molecule has 5 nitrogen and oxygen atoms in total. The first kappa shape index (κ1) is 19.5. The largest absolute Gasteiger partial charge is 0.352 e. The number of thioether (sulfide) groups is 1. The molecule has 2 bridgehead atoms. The van der Waals surface area contributed by atoms with E-state index in [9.17, 15) is 4.79 Å². The van der Waals surface area contributed by atoms with Crippen molar-refractivity contribution in [3.63, 3.8) is 0 Å². The average molecular weight is 399 g/mol. The van der Waals surface area contributed by atoms with E-state index in [0.29, 0.717) is 5.92 Å². The number of hydrogen-bond acceptors (Lipinski definition) is 4. The monoisotopic (exact) mass is 398 g/mol. The molecule has 0 saturated heterocycles. The first-order valence-electron chi connectivity index (χ1n) is 10.4. The van der Waals surface area contributed by atoms with E-state index in [-0.39, 0.29) is 17.2 Å². The van der Waals surface area contributed by atoms with Gasteiger partial charge in [0.1, 0.15) is 5.82 Å². The predicted octanol–water partition coefficient (Wildman–Crippen LogP) is 4.31. The Balaban J connectivity index is 1.42. The molecule has 150 valence electrons. The van der Waals surface area contributed by atoms with Gasteiger partial charge in [-0.1, -0.05) is 30.3 Å². The highest BCUT2D eigenvalue weighted by molar-refractivity contribution is 8.00. The summed E-state index contributed by atoms with van der Waals surface area (Å²) >= 11 is 1.48. The van der Waals surface area contributed by atoms with Crippen LogP contribution in [0.3, 0.4) is 0 Å². The second-order valence-electron chi connectivity index (χ2n) is 8.60. The summed E-state index contributed by atoms with van der Waals surface area (Å²) in [6.07, 6.45) is 5.39. The molecule has 2 saturated carbocycles. The van der Waals surface area contributed by atoms with E-state index in [1.54, 1.807) is 0 Å². The Morgan fingerprint density at radius 1 is 1.21 bits per heavy atom. The molecule has 2 fully saturated rings. The number of fused-ring (bicyclic) bond motifs is 2. The van der Waals surface area contributed by atoms with E-state index in [4.69, 9.17) is 0 Å². The Kier molecular flexibility index (Phi) is 5.50. The molecule has 0 spiro atoms. The lowest BCUT2D eigenvalue weighted by Gasteiger charge is -2.29. The average Bonchev–Trinajstić information content (AvgIpc) is 3.37. The standard InChI is InChI=1S/C22H30N4OS/c1-13-6-5-7-19(10-13)26-16(4)24-25-22(26)28-15(3)21(27)23-14(2)20-12-17-8-9-18(20)11-17/h5-7,10,14-15,17-18,20H,8-9,11-12H2,1-4H3,(H,23,27). The number of nitrogens with one attached hydrogen (secondary N) is 1. The molecule has 1 aromatic heterocycles. The van der Waals surface area contributed by atoms with E-state index in [0.717, 1.165) is 28.5 Å². The van der Waals surface area contributed by atoms with E-state index in [1.165, 1.54) is 43.0 Å². The Morgan fingerprint density at radius 2 is 2.04 bits per heavy atom. The maximum Gasteiger partial charge on any atom is 0.233 e. The number of nitrogens with zero attached hydrogens (tertiary/aromatic N) is 3. The molecule has 5 atom stereocenters. The highest BCUT2D eigenvalue weighted by Crippen LogP contribution is 2.49. The fraction of sp³-hybridized carbons (Fsp3) is 0.591.